The smallest absolute Gasteiger partial charge is 0.250 e. The van der Waals surface area contributed by atoms with Gasteiger partial charge in [0.15, 0.2) is 0 Å². The molecule has 0 N–H and O–H groups in total. The monoisotopic (exact) mass is 431 g/mol. The summed E-state index contributed by atoms with van der Waals surface area (Å²) in [6.07, 6.45) is 1.12. The highest BCUT2D eigenvalue weighted by Gasteiger charge is 2.36. The van der Waals surface area contributed by atoms with Crippen LogP contribution in [0.25, 0.3) is 21.9 Å². The summed E-state index contributed by atoms with van der Waals surface area (Å²) in [5.74, 6) is 0.798. The number of nitriles is 1. The van der Waals surface area contributed by atoms with E-state index >= 15 is 0 Å². The van der Waals surface area contributed by atoms with E-state index in [-0.39, 0.29) is 5.56 Å². The maximum absolute atomic E-state index is 12.9. The molecule has 1 saturated heterocycles. The Labute approximate surface area is 193 Å². The fourth-order valence-corrected chi connectivity index (χ4v) is 5.84. The van der Waals surface area contributed by atoms with E-state index in [1.54, 1.807) is 6.07 Å². The topological polar surface area (TPSA) is 49.0 Å². The maximum Gasteiger partial charge on any atom is 0.250 e. The van der Waals surface area contributed by atoms with E-state index in [1.807, 2.05) is 28.8 Å². The van der Waals surface area contributed by atoms with E-state index in [9.17, 15) is 10.1 Å². The fourth-order valence-electron chi connectivity index (χ4n) is 5.84. The van der Waals surface area contributed by atoms with Gasteiger partial charge in [-0.05, 0) is 58.5 Å². The molecule has 0 saturated carbocycles. The Morgan fingerprint density at radius 3 is 2.64 bits per heavy atom. The lowest BCUT2D eigenvalue weighted by Gasteiger charge is -2.43. The molecule has 2 unspecified atom stereocenters. The van der Waals surface area contributed by atoms with Crippen molar-refractivity contribution < 1.29 is 0 Å². The predicted molar refractivity (Wildman–Crippen MR) is 131 cm³/mol. The zero-order valence-electron chi connectivity index (χ0n) is 18.4. The molecule has 1 aromatic heterocycles. The highest BCUT2D eigenvalue weighted by atomic mass is 16.1. The van der Waals surface area contributed by atoms with Gasteiger partial charge in [0, 0.05) is 49.4 Å². The molecule has 2 atom stereocenters. The van der Waals surface area contributed by atoms with Crippen molar-refractivity contribution in [3.63, 3.8) is 0 Å². The second kappa shape index (κ2) is 8.03. The van der Waals surface area contributed by atoms with Gasteiger partial charge in [0.1, 0.15) is 0 Å². The second-order valence-corrected chi connectivity index (χ2v) is 9.45. The first-order valence-electron chi connectivity index (χ1n) is 11.6. The van der Waals surface area contributed by atoms with Crippen LogP contribution in [0.2, 0.25) is 0 Å². The van der Waals surface area contributed by atoms with Crippen LogP contribution in [-0.4, -0.2) is 22.6 Å². The molecule has 4 aromatic rings. The van der Waals surface area contributed by atoms with E-state index < -0.39 is 0 Å². The molecule has 4 heteroatoms. The molecular weight excluding hydrogens is 406 g/mol. The number of likely N-dealkylation sites (tertiary alicyclic amines) is 1. The highest BCUT2D eigenvalue weighted by molar-refractivity contribution is 5.87. The van der Waals surface area contributed by atoms with E-state index in [0.717, 1.165) is 32.6 Å². The van der Waals surface area contributed by atoms with Crippen LogP contribution in [0.1, 0.15) is 29.2 Å². The minimum atomic E-state index is 0.111. The van der Waals surface area contributed by atoms with Crippen LogP contribution in [0.3, 0.4) is 0 Å². The highest BCUT2D eigenvalue weighted by Crippen LogP contribution is 2.40. The number of aromatic nitrogens is 1. The lowest BCUT2D eigenvalue weighted by Crippen LogP contribution is -2.47. The Kier molecular flexibility index (Phi) is 4.86. The Morgan fingerprint density at radius 2 is 1.76 bits per heavy atom. The lowest BCUT2D eigenvalue weighted by molar-refractivity contribution is 0.115. The average molecular weight is 432 g/mol. The van der Waals surface area contributed by atoms with E-state index in [0.29, 0.717) is 17.4 Å². The van der Waals surface area contributed by atoms with Gasteiger partial charge in [-0.25, -0.2) is 0 Å². The molecule has 2 aliphatic rings. The standard InChI is InChI=1S/C29H25N3O/c30-15-20-4-3-5-21(12-20)16-31-17-22-13-26(19-31)29-27(10-11-28(33)32(29)18-22)25-9-8-23-6-1-2-7-24(23)14-25/h1-12,14,22,26H,13,16-19H2. The van der Waals surface area contributed by atoms with Gasteiger partial charge in [0.05, 0.1) is 11.6 Å². The third-order valence-electron chi connectivity index (χ3n) is 7.19. The number of nitrogens with zero attached hydrogens (tertiary/aromatic N) is 3. The summed E-state index contributed by atoms with van der Waals surface area (Å²) in [4.78, 5) is 15.4. The van der Waals surface area contributed by atoms with E-state index in [2.05, 4.69) is 59.5 Å². The fraction of sp³-hybridized carbons (Fsp3) is 0.241. The third-order valence-corrected chi connectivity index (χ3v) is 7.19. The van der Waals surface area contributed by atoms with Crippen LogP contribution in [0.4, 0.5) is 0 Å². The molecule has 4 nitrogen and oxygen atoms in total. The summed E-state index contributed by atoms with van der Waals surface area (Å²) in [6.45, 7) is 3.53. The van der Waals surface area contributed by atoms with Crippen molar-refractivity contribution in [3.05, 3.63) is 106 Å². The molecule has 0 spiro atoms. The van der Waals surface area contributed by atoms with Gasteiger partial charge in [0.2, 0.25) is 0 Å². The van der Waals surface area contributed by atoms with Crippen LogP contribution >= 0.6 is 0 Å². The summed E-state index contributed by atoms with van der Waals surface area (Å²) < 4.78 is 2.04. The maximum atomic E-state index is 12.9. The molecular formula is C29H25N3O. The summed E-state index contributed by atoms with van der Waals surface area (Å²) >= 11 is 0. The van der Waals surface area contributed by atoms with Crippen LogP contribution in [0, 0.1) is 17.2 Å². The molecule has 0 aliphatic carbocycles. The van der Waals surface area contributed by atoms with Gasteiger partial charge in [-0.15, -0.1) is 0 Å². The summed E-state index contributed by atoms with van der Waals surface area (Å²) in [6, 6.07) is 28.9. The largest absolute Gasteiger partial charge is 0.311 e. The number of piperidine rings is 1. The van der Waals surface area contributed by atoms with Crippen molar-refractivity contribution in [1.29, 1.82) is 5.26 Å². The van der Waals surface area contributed by atoms with Crippen LogP contribution in [0.5, 0.6) is 0 Å². The van der Waals surface area contributed by atoms with Crippen LogP contribution in [0.15, 0.2) is 83.7 Å². The molecule has 1 fully saturated rings. The molecule has 162 valence electrons. The Morgan fingerprint density at radius 1 is 0.879 bits per heavy atom. The zero-order valence-corrected chi connectivity index (χ0v) is 18.4. The number of rotatable bonds is 3. The number of benzene rings is 3. The molecule has 2 bridgehead atoms. The van der Waals surface area contributed by atoms with Crippen LogP contribution < -0.4 is 5.56 Å². The van der Waals surface area contributed by atoms with Crippen molar-refractivity contribution >= 4 is 10.8 Å². The first-order valence-corrected chi connectivity index (χ1v) is 11.6. The number of hydrogen-bond acceptors (Lipinski definition) is 3. The molecule has 0 radical (unpaired) electrons. The quantitative estimate of drug-likeness (QED) is 0.450. The Balaban J connectivity index is 1.37. The van der Waals surface area contributed by atoms with Crippen molar-refractivity contribution in [2.75, 3.05) is 13.1 Å². The Bertz CT molecular complexity index is 1460. The van der Waals surface area contributed by atoms with Gasteiger partial charge >= 0.3 is 0 Å². The van der Waals surface area contributed by atoms with E-state index in [4.69, 9.17) is 0 Å². The lowest BCUT2D eigenvalue weighted by atomic mass is 9.80. The SMILES string of the molecule is N#Cc1cccc(CN2CC3CC(C2)c2c(-c4ccc5ccccc5c4)ccc(=O)n2C3)c1. The molecule has 0 amide bonds. The normalized spacial score (nSPS) is 19.7. The Hall–Kier alpha value is -3.68. The van der Waals surface area contributed by atoms with Gasteiger partial charge in [-0.3, -0.25) is 9.69 Å². The molecule has 2 aliphatic heterocycles. The van der Waals surface area contributed by atoms with Crippen LogP contribution in [-0.2, 0) is 13.1 Å². The predicted octanol–water partition coefficient (Wildman–Crippen LogP) is 5.16. The first-order chi connectivity index (χ1) is 16.2. The third kappa shape index (κ3) is 3.65. The molecule has 33 heavy (non-hydrogen) atoms. The van der Waals surface area contributed by atoms with Gasteiger partial charge in [-0.1, -0.05) is 48.5 Å². The second-order valence-electron chi connectivity index (χ2n) is 9.45. The summed E-state index contributed by atoms with van der Waals surface area (Å²) in [7, 11) is 0. The number of hydrogen-bond donors (Lipinski definition) is 0. The van der Waals surface area contributed by atoms with Crippen molar-refractivity contribution in [2.24, 2.45) is 5.92 Å². The minimum absolute atomic E-state index is 0.111. The minimum Gasteiger partial charge on any atom is -0.311 e. The molecule has 3 aromatic carbocycles. The van der Waals surface area contributed by atoms with E-state index in [1.165, 1.54) is 33.2 Å². The van der Waals surface area contributed by atoms with Crippen molar-refractivity contribution in [2.45, 2.75) is 25.4 Å². The van der Waals surface area contributed by atoms with Gasteiger partial charge < -0.3 is 4.57 Å². The molecule has 3 heterocycles. The van der Waals surface area contributed by atoms with Gasteiger partial charge in [0.25, 0.3) is 5.56 Å². The van der Waals surface area contributed by atoms with Crippen molar-refractivity contribution in [3.8, 4) is 17.2 Å². The molecule has 6 rings (SSSR count). The average Bonchev–Trinajstić information content (AvgIpc) is 2.84. The van der Waals surface area contributed by atoms with Gasteiger partial charge in [-0.2, -0.15) is 5.26 Å². The van der Waals surface area contributed by atoms with Crippen molar-refractivity contribution in [1.82, 2.24) is 9.47 Å². The summed E-state index contributed by atoms with van der Waals surface area (Å²) in [5, 5.41) is 11.7. The zero-order chi connectivity index (χ0) is 22.4. The summed E-state index contributed by atoms with van der Waals surface area (Å²) in [5.41, 5.74) is 5.53. The number of fused-ring (bicyclic) bond motifs is 5. The first kappa shape index (κ1) is 20.0. The number of pyridine rings is 1.